The lowest BCUT2D eigenvalue weighted by molar-refractivity contribution is 0.103. The minimum absolute atomic E-state index is 0.127. The third-order valence-electron chi connectivity index (χ3n) is 4.22. The molecule has 0 bridgehead atoms. The lowest BCUT2D eigenvalue weighted by Crippen LogP contribution is -2.03. The number of hydrogen-bond acceptors (Lipinski definition) is 3. The summed E-state index contributed by atoms with van der Waals surface area (Å²) in [5, 5.41) is 23.7. The number of rotatable bonds is 2. The van der Waals surface area contributed by atoms with Gasteiger partial charge < -0.3 is 10.2 Å². The van der Waals surface area contributed by atoms with Crippen molar-refractivity contribution in [2.75, 3.05) is 0 Å². The van der Waals surface area contributed by atoms with Crippen molar-refractivity contribution >= 4 is 27.3 Å². The van der Waals surface area contributed by atoms with Crippen molar-refractivity contribution in [1.29, 1.82) is 0 Å². The van der Waals surface area contributed by atoms with E-state index >= 15 is 0 Å². The number of aromatic hydroxyl groups is 2. The molecule has 0 radical (unpaired) electrons. The Morgan fingerprint density at radius 1 is 0.708 bits per heavy atom. The third kappa shape index (κ3) is 2.18. The molecule has 4 aromatic carbocycles. The summed E-state index contributed by atoms with van der Waals surface area (Å²) in [5.41, 5.74) is 0.592. The number of carbonyl (C=O) groups is 1. The molecule has 3 heteroatoms. The standard InChI is InChI=1S/C21H14O3/c22-18-12-16-10-14-8-4-5-9-15(14)11-17(16)19(21(18)24)20(23)13-6-2-1-3-7-13/h1-12,22,24H. The molecule has 4 aromatic rings. The van der Waals surface area contributed by atoms with Crippen LogP contribution in [-0.2, 0) is 0 Å². The molecule has 0 atom stereocenters. The Labute approximate surface area is 138 Å². The second-order valence-electron chi connectivity index (χ2n) is 5.73. The smallest absolute Gasteiger partial charge is 0.197 e. The summed E-state index contributed by atoms with van der Waals surface area (Å²) in [5.74, 6) is -0.993. The topological polar surface area (TPSA) is 57.5 Å². The van der Waals surface area contributed by atoms with Crippen LogP contribution in [0, 0.1) is 0 Å². The van der Waals surface area contributed by atoms with Crippen LogP contribution in [0.1, 0.15) is 15.9 Å². The fraction of sp³-hybridized carbons (Fsp3) is 0. The maximum atomic E-state index is 12.9. The van der Waals surface area contributed by atoms with E-state index in [0.717, 1.165) is 10.8 Å². The highest BCUT2D eigenvalue weighted by Crippen LogP contribution is 2.38. The van der Waals surface area contributed by atoms with Crippen molar-refractivity contribution in [3.8, 4) is 11.5 Å². The van der Waals surface area contributed by atoms with Crippen molar-refractivity contribution in [1.82, 2.24) is 0 Å². The van der Waals surface area contributed by atoms with Crippen molar-refractivity contribution in [3.63, 3.8) is 0 Å². The molecule has 0 heterocycles. The molecule has 4 rings (SSSR count). The molecule has 0 aliphatic carbocycles. The van der Waals surface area contributed by atoms with E-state index in [1.807, 2.05) is 42.5 Å². The first kappa shape index (κ1) is 14.3. The number of carbonyl (C=O) groups excluding carboxylic acids is 1. The largest absolute Gasteiger partial charge is 0.504 e. The van der Waals surface area contributed by atoms with Crippen molar-refractivity contribution in [3.05, 3.63) is 83.9 Å². The van der Waals surface area contributed by atoms with Gasteiger partial charge in [0.1, 0.15) is 0 Å². The van der Waals surface area contributed by atoms with Crippen molar-refractivity contribution in [2.24, 2.45) is 0 Å². The predicted molar refractivity (Wildman–Crippen MR) is 94.7 cm³/mol. The fourth-order valence-corrected chi connectivity index (χ4v) is 3.03. The second kappa shape index (κ2) is 5.39. The average Bonchev–Trinajstić information content (AvgIpc) is 2.62. The highest BCUT2D eigenvalue weighted by Gasteiger charge is 2.20. The maximum absolute atomic E-state index is 12.9. The zero-order valence-electron chi connectivity index (χ0n) is 12.7. The van der Waals surface area contributed by atoms with Crippen molar-refractivity contribution in [2.45, 2.75) is 0 Å². The van der Waals surface area contributed by atoms with E-state index in [9.17, 15) is 15.0 Å². The van der Waals surface area contributed by atoms with Crippen LogP contribution in [0.4, 0.5) is 0 Å². The van der Waals surface area contributed by atoms with Crippen LogP contribution in [0.15, 0.2) is 72.8 Å². The van der Waals surface area contributed by atoms with Gasteiger partial charge in [0.2, 0.25) is 0 Å². The molecule has 3 nitrogen and oxygen atoms in total. The molecule has 0 unspecified atom stereocenters. The zero-order chi connectivity index (χ0) is 16.7. The van der Waals surface area contributed by atoms with Crippen LogP contribution in [0.25, 0.3) is 21.5 Å². The van der Waals surface area contributed by atoms with Gasteiger partial charge in [-0.15, -0.1) is 0 Å². The highest BCUT2D eigenvalue weighted by atomic mass is 16.3. The molecular weight excluding hydrogens is 300 g/mol. The van der Waals surface area contributed by atoms with Gasteiger partial charge in [0.25, 0.3) is 0 Å². The lowest BCUT2D eigenvalue weighted by Gasteiger charge is -2.11. The van der Waals surface area contributed by atoms with E-state index in [-0.39, 0.29) is 22.8 Å². The van der Waals surface area contributed by atoms with Gasteiger partial charge in [0.15, 0.2) is 17.3 Å². The first-order chi connectivity index (χ1) is 11.6. The minimum Gasteiger partial charge on any atom is -0.504 e. The van der Waals surface area contributed by atoms with Gasteiger partial charge in [-0.05, 0) is 39.7 Å². The zero-order valence-corrected chi connectivity index (χ0v) is 12.7. The Kier molecular flexibility index (Phi) is 3.21. The number of phenols is 2. The van der Waals surface area contributed by atoms with Crippen LogP contribution in [-0.4, -0.2) is 16.0 Å². The van der Waals surface area contributed by atoms with Gasteiger partial charge in [-0.3, -0.25) is 4.79 Å². The Balaban J connectivity index is 2.07. The first-order valence-corrected chi connectivity index (χ1v) is 7.62. The third-order valence-corrected chi connectivity index (χ3v) is 4.22. The molecule has 0 saturated carbocycles. The number of hydrogen-bond donors (Lipinski definition) is 2. The first-order valence-electron chi connectivity index (χ1n) is 7.62. The summed E-state index contributed by atoms with van der Waals surface area (Å²) < 4.78 is 0. The van der Waals surface area contributed by atoms with Crippen LogP contribution in [0.3, 0.4) is 0 Å². The summed E-state index contributed by atoms with van der Waals surface area (Å²) in [6, 6.07) is 21.8. The minimum atomic E-state index is -0.383. The van der Waals surface area contributed by atoms with Crippen LogP contribution in [0.5, 0.6) is 11.5 Å². The van der Waals surface area contributed by atoms with Gasteiger partial charge in [-0.1, -0.05) is 54.6 Å². The Bertz CT molecular complexity index is 1080. The number of ketones is 1. The van der Waals surface area contributed by atoms with Gasteiger partial charge in [-0.2, -0.15) is 0 Å². The Morgan fingerprint density at radius 3 is 2.04 bits per heavy atom. The van der Waals surface area contributed by atoms with E-state index < -0.39 is 0 Å². The predicted octanol–water partition coefficient (Wildman–Crippen LogP) is 4.64. The fourth-order valence-electron chi connectivity index (χ4n) is 3.03. The summed E-state index contributed by atoms with van der Waals surface area (Å²) in [4.78, 5) is 12.9. The van der Waals surface area contributed by atoms with Crippen molar-refractivity contribution < 1.29 is 15.0 Å². The summed E-state index contributed by atoms with van der Waals surface area (Å²) in [7, 11) is 0. The van der Waals surface area contributed by atoms with Gasteiger partial charge in [0, 0.05) is 5.56 Å². The summed E-state index contributed by atoms with van der Waals surface area (Å²) >= 11 is 0. The van der Waals surface area contributed by atoms with E-state index in [2.05, 4.69) is 0 Å². The van der Waals surface area contributed by atoms with E-state index in [4.69, 9.17) is 0 Å². The Morgan fingerprint density at radius 2 is 1.33 bits per heavy atom. The molecule has 0 fully saturated rings. The van der Waals surface area contributed by atoms with E-state index in [1.165, 1.54) is 6.07 Å². The molecule has 24 heavy (non-hydrogen) atoms. The monoisotopic (exact) mass is 314 g/mol. The Hall–Kier alpha value is -3.33. The molecule has 0 aliphatic rings. The summed E-state index contributed by atoms with van der Waals surface area (Å²) in [6.07, 6.45) is 0. The molecule has 0 amide bonds. The van der Waals surface area contributed by atoms with Gasteiger partial charge >= 0.3 is 0 Å². The molecule has 0 aromatic heterocycles. The van der Waals surface area contributed by atoms with Crippen LogP contribution in [0.2, 0.25) is 0 Å². The maximum Gasteiger partial charge on any atom is 0.197 e. The second-order valence-corrected chi connectivity index (χ2v) is 5.73. The number of benzene rings is 4. The molecule has 0 aliphatic heterocycles. The van der Waals surface area contributed by atoms with Crippen LogP contribution < -0.4 is 0 Å². The molecule has 2 N–H and O–H groups in total. The van der Waals surface area contributed by atoms with Gasteiger partial charge in [-0.25, -0.2) is 0 Å². The number of fused-ring (bicyclic) bond motifs is 2. The average molecular weight is 314 g/mol. The SMILES string of the molecule is O=C(c1ccccc1)c1c(O)c(O)cc2cc3ccccc3cc12. The lowest BCUT2D eigenvalue weighted by atomic mass is 9.93. The number of phenolic OH excluding ortho intramolecular Hbond substituents is 2. The van der Waals surface area contributed by atoms with Gasteiger partial charge in [0.05, 0.1) is 5.56 Å². The van der Waals surface area contributed by atoms with E-state index in [0.29, 0.717) is 16.3 Å². The molecular formula is C21H14O3. The van der Waals surface area contributed by atoms with E-state index in [1.54, 1.807) is 24.3 Å². The molecule has 0 spiro atoms. The molecule has 116 valence electrons. The highest BCUT2D eigenvalue weighted by molar-refractivity contribution is 6.20. The quantitative estimate of drug-likeness (QED) is 0.322. The van der Waals surface area contributed by atoms with Crippen LogP contribution >= 0.6 is 0 Å². The normalized spacial score (nSPS) is 11.0. The molecule has 0 saturated heterocycles. The summed E-state index contributed by atoms with van der Waals surface area (Å²) in [6.45, 7) is 0.